The summed E-state index contributed by atoms with van der Waals surface area (Å²) < 4.78 is 24.7. The number of aliphatic hydroxyl groups is 1. The SMILES string of the molecule is CCCCS(=O)(=O)N[C@@H](CCO)C(=O)O. The van der Waals surface area contributed by atoms with Gasteiger partial charge in [-0.1, -0.05) is 13.3 Å². The van der Waals surface area contributed by atoms with E-state index in [0.29, 0.717) is 6.42 Å². The Morgan fingerprint density at radius 3 is 2.47 bits per heavy atom. The Kier molecular flexibility index (Phi) is 6.46. The number of nitrogens with one attached hydrogen (secondary N) is 1. The molecule has 0 aromatic heterocycles. The van der Waals surface area contributed by atoms with Crippen LogP contribution in [0.3, 0.4) is 0 Å². The quantitative estimate of drug-likeness (QED) is 0.532. The molecule has 6 nitrogen and oxygen atoms in total. The summed E-state index contributed by atoms with van der Waals surface area (Å²) in [5.41, 5.74) is 0. The highest BCUT2D eigenvalue weighted by Gasteiger charge is 2.22. The van der Waals surface area contributed by atoms with Crippen molar-refractivity contribution in [2.24, 2.45) is 0 Å². The van der Waals surface area contributed by atoms with Crippen LogP contribution in [0.25, 0.3) is 0 Å². The summed E-state index contributed by atoms with van der Waals surface area (Å²) in [6.45, 7) is 1.48. The molecule has 0 aromatic carbocycles. The van der Waals surface area contributed by atoms with Gasteiger partial charge in [0.1, 0.15) is 6.04 Å². The van der Waals surface area contributed by atoms with Crippen LogP contribution >= 0.6 is 0 Å². The van der Waals surface area contributed by atoms with Crippen LogP contribution in [-0.2, 0) is 14.8 Å². The van der Waals surface area contributed by atoms with Crippen molar-refractivity contribution in [2.75, 3.05) is 12.4 Å². The minimum absolute atomic E-state index is 0.0846. The second-order valence-electron chi connectivity index (χ2n) is 3.19. The van der Waals surface area contributed by atoms with E-state index in [9.17, 15) is 13.2 Å². The Morgan fingerprint density at radius 1 is 1.47 bits per heavy atom. The van der Waals surface area contributed by atoms with Crippen molar-refractivity contribution in [1.29, 1.82) is 0 Å². The zero-order chi connectivity index (χ0) is 11.9. The van der Waals surface area contributed by atoms with Gasteiger partial charge < -0.3 is 10.2 Å². The normalized spacial score (nSPS) is 13.7. The summed E-state index contributed by atoms with van der Waals surface area (Å²) in [5, 5.41) is 17.2. The van der Waals surface area contributed by atoms with E-state index in [0.717, 1.165) is 6.42 Å². The van der Waals surface area contributed by atoms with Gasteiger partial charge in [-0.2, -0.15) is 0 Å². The predicted octanol–water partition coefficient (Wildman–Crippen LogP) is -0.458. The first-order valence-electron chi connectivity index (χ1n) is 4.76. The maximum atomic E-state index is 11.3. The van der Waals surface area contributed by atoms with Crippen molar-refractivity contribution in [2.45, 2.75) is 32.2 Å². The van der Waals surface area contributed by atoms with Crippen molar-refractivity contribution in [3.8, 4) is 0 Å². The monoisotopic (exact) mass is 239 g/mol. The van der Waals surface area contributed by atoms with Crippen LogP contribution < -0.4 is 4.72 Å². The van der Waals surface area contributed by atoms with Crippen LogP contribution in [0.2, 0.25) is 0 Å². The number of aliphatic hydroxyl groups excluding tert-OH is 1. The average Bonchev–Trinajstić information content (AvgIpc) is 2.14. The molecule has 0 rings (SSSR count). The first-order chi connectivity index (χ1) is 6.93. The van der Waals surface area contributed by atoms with Crippen LogP contribution in [0, 0.1) is 0 Å². The van der Waals surface area contributed by atoms with Crippen molar-refractivity contribution >= 4 is 16.0 Å². The summed E-state index contributed by atoms with van der Waals surface area (Å²) in [5.74, 6) is -1.36. The fourth-order valence-electron chi connectivity index (χ4n) is 0.972. The average molecular weight is 239 g/mol. The standard InChI is InChI=1S/C8H17NO5S/c1-2-3-6-15(13,14)9-7(4-5-10)8(11)12/h7,9-10H,2-6H2,1H3,(H,11,12)/t7-/m0/s1. The second kappa shape index (κ2) is 6.76. The predicted molar refractivity (Wildman–Crippen MR) is 55.0 cm³/mol. The highest BCUT2D eigenvalue weighted by Crippen LogP contribution is 1.99. The molecule has 15 heavy (non-hydrogen) atoms. The molecule has 0 aromatic rings. The first-order valence-corrected chi connectivity index (χ1v) is 6.42. The first kappa shape index (κ1) is 14.3. The molecule has 7 heteroatoms. The largest absolute Gasteiger partial charge is 0.480 e. The number of carboxylic acids is 1. The molecule has 0 unspecified atom stereocenters. The molecule has 0 bridgehead atoms. The Hall–Kier alpha value is -0.660. The summed E-state index contributed by atoms with van der Waals surface area (Å²) in [6, 6.07) is -1.24. The van der Waals surface area contributed by atoms with Gasteiger partial charge in [0.15, 0.2) is 0 Å². The topological polar surface area (TPSA) is 104 Å². The molecular formula is C8H17NO5S. The van der Waals surface area contributed by atoms with Crippen LogP contribution in [-0.4, -0.2) is 43.0 Å². The van der Waals surface area contributed by atoms with Gasteiger partial charge >= 0.3 is 5.97 Å². The Labute approximate surface area is 89.4 Å². The van der Waals surface area contributed by atoms with Crippen molar-refractivity contribution in [1.82, 2.24) is 4.72 Å². The number of hydrogen-bond acceptors (Lipinski definition) is 4. The van der Waals surface area contributed by atoms with Crippen molar-refractivity contribution in [3.05, 3.63) is 0 Å². The number of carboxylic acid groups (broad SMARTS) is 1. The molecule has 0 saturated heterocycles. The van der Waals surface area contributed by atoms with E-state index in [-0.39, 0.29) is 18.8 Å². The van der Waals surface area contributed by atoms with Crippen LogP contribution in [0.1, 0.15) is 26.2 Å². The number of rotatable bonds is 8. The Balaban J connectivity index is 4.32. The fraction of sp³-hybridized carbons (Fsp3) is 0.875. The number of carbonyl (C=O) groups is 1. The fourth-order valence-corrected chi connectivity index (χ4v) is 2.41. The molecule has 0 aliphatic heterocycles. The van der Waals surface area contributed by atoms with E-state index in [1.165, 1.54) is 0 Å². The number of aliphatic carboxylic acids is 1. The van der Waals surface area contributed by atoms with Gasteiger partial charge in [0, 0.05) is 6.61 Å². The molecule has 0 aliphatic rings. The zero-order valence-electron chi connectivity index (χ0n) is 8.64. The van der Waals surface area contributed by atoms with Gasteiger partial charge in [-0.25, -0.2) is 13.1 Å². The van der Waals surface area contributed by atoms with E-state index >= 15 is 0 Å². The molecule has 3 N–H and O–H groups in total. The number of hydrogen-bond donors (Lipinski definition) is 3. The molecule has 0 amide bonds. The summed E-state index contributed by atoms with van der Waals surface area (Å²) in [6.07, 6.45) is 1.08. The lowest BCUT2D eigenvalue weighted by Crippen LogP contribution is -2.42. The summed E-state index contributed by atoms with van der Waals surface area (Å²) in [7, 11) is -3.55. The van der Waals surface area contributed by atoms with E-state index < -0.39 is 22.0 Å². The highest BCUT2D eigenvalue weighted by atomic mass is 32.2. The summed E-state index contributed by atoms with van der Waals surface area (Å²) in [4.78, 5) is 10.6. The lowest BCUT2D eigenvalue weighted by molar-refractivity contribution is -0.139. The molecular weight excluding hydrogens is 222 g/mol. The number of unbranched alkanes of at least 4 members (excludes halogenated alkanes) is 1. The van der Waals surface area contributed by atoms with Crippen LogP contribution in [0.5, 0.6) is 0 Å². The molecule has 0 spiro atoms. The molecule has 90 valence electrons. The maximum Gasteiger partial charge on any atom is 0.321 e. The zero-order valence-corrected chi connectivity index (χ0v) is 9.46. The lowest BCUT2D eigenvalue weighted by Gasteiger charge is -2.13. The highest BCUT2D eigenvalue weighted by molar-refractivity contribution is 7.89. The van der Waals surface area contributed by atoms with Gasteiger partial charge in [-0.05, 0) is 12.8 Å². The third-order valence-electron chi connectivity index (χ3n) is 1.80. The van der Waals surface area contributed by atoms with Crippen molar-refractivity contribution in [3.63, 3.8) is 0 Å². The Bertz CT molecular complexity index is 287. The minimum atomic E-state index is -3.55. The van der Waals surface area contributed by atoms with E-state index in [2.05, 4.69) is 0 Å². The molecule has 0 aliphatic carbocycles. The van der Waals surface area contributed by atoms with Gasteiger partial charge in [0.05, 0.1) is 5.75 Å². The molecule has 1 atom stereocenters. The lowest BCUT2D eigenvalue weighted by atomic mass is 10.2. The Morgan fingerprint density at radius 2 is 2.07 bits per heavy atom. The molecule has 0 heterocycles. The van der Waals surface area contributed by atoms with E-state index in [1.54, 1.807) is 0 Å². The smallest absolute Gasteiger partial charge is 0.321 e. The van der Waals surface area contributed by atoms with Crippen molar-refractivity contribution < 1.29 is 23.4 Å². The van der Waals surface area contributed by atoms with Gasteiger partial charge in [-0.3, -0.25) is 4.79 Å². The minimum Gasteiger partial charge on any atom is -0.480 e. The van der Waals surface area contributed by atoms with Crippen LogP contribution in [0.15, 0.2) is 0 Å². The van der Waals surface area contributed by atoms with E-state index in [4.69, 9.17) is 10.2 Å². The molecule has 0 radical (unpaired) electrons. The second-order valence-corrected chi connectivity index (χ2v) is 5.07. The van der Waals surface area contributed by atoms with E-state index in [1.807, 2.05) is 11.6 Å². The number of sulfonamides is 1. The van der Waals surface area contributed by atoms with Gasteiger partial charge in [-0.15, -0.1) is 0 Å². The van der Waals surface area contributed by atoms with Gasteiger partial charge in [0.25, 0.3) is 0 Å². The van der Waals surface area contributed by atoms with Crippen LogP contribution in [0.4, 0.5) is 0 Å². The molecule has 0 fully saturated rings. The summed E-state index contributed by atoms with van der Waals surface area (Å²) >= 11 is 0. The van der Waals surface area contributed by atoms with Gasteiger partial charge in [0.2, 0.25) is 10.0 Å². The molecule has 0 saturated carbocycles. The third kappa shape index (κ3) is 6.43. The maximum absolute atomic E-state index is 11.3. The third-order valence-corrected chi connectivity index (χ3v) is 3.27.